The van der Waals surface area contributed by atoms with Gasteiger partial charge in [-0.05, 0) is 25.1 Å². The first-order valence-corrected chi connectivity index (χ1v) is 8.53. The predicted octanol–water partition coefficient (Wildman–Crippen LogP) is 4.22. The number of alkyl halides is 3. The standard InChI is InChI=1S/C16H17F3N2OS/c1-11-14(10-21-5-7-23-8-6-21)20-15(22-11)12-3-2-4-13(9-12)16(17,18)19/h2-4,9H,5-8,10H2,1H3. The van der Waals surface area contributed by atoms with E-state index in [4.69, 9.17) is 4.42 Å². The Kier molecular flexibility index (Phi) is 4.68. The second kappa shape index (κ2) is 6.57. The lowest BCUT2D eigenvalue weighted by Crippen LogP contribution is -2.32. The molecule has 7 heteroatoms. The molecule has 1 saturated heterocycles. The first-order chi connectivity index (χ1) is 10.9. The molecule has 2 aromatic rings. The zero-order valence-corrected chi connectivity index (χ0v) is 13.5. The van der Waals surface area contributed by atoms with E-state index in [1.54, 1.807) is 13.0 Å². The Morgan fingerprint density at radius 3 is 2.70 bits per heavy atom. The molecule has 2 heterocycles. The van der Waals surface area contributed by atoms with Crippen molar-refractivity contribution in [1.82, 2.24) is 9.88 Å². The Balaban J connectivity index is 1.82. The lowest BCUT2D eigenvalue weighted by atomic mass is 10.1. The van der Waals surface area contributed by atoms with Crippen molar-refractivity contribution in [1.29, 1.82) is 0 Å². The molecule has 23 heavy (non-hydrogen) atoms. The largest absolute Gasteiger partial charge is 0.441 e. The molecule has 0 spiro atoms. The van der Waals surface area contributed by atoms with Crippen LogP contribution in [0.2, 0.25) is 0 Å². The number of halogens is 3. The summed E-state index contributed by atoms with van der Waals surface area (Å²) in [6.07, 6.45) is -4.37. The van der Waals surface area contributed by atoms with Crippen LogP contribution < -0.4 is 0 Å². The fourth-order valence-corrected chi connectivity index (χ4v) is 3.48. The van der Waals surface area contributed by atoms with Crippen LogP contribution in [0, 0.1) is 6.92 Å². The summed E-state index contributed by atoms with van der Waals surface area (Å²) >= 11 is 1.93. The van der Waals surface area contributed by atoms with Crippen LogP contribution in [0.4, 0.5) is 13.2 Å². The van der Waals surface area contributed by atoms with Crippen LogP contribution in [0.25, 0.3) is 11.5 Å². The minimum atomic E-state index is -4.37. The van der Waals surface area contributed by atoms with Crippen molar-refractivity contribution in [2.75, 3.05) is 24.6 Å². The maximum atomic E-state index is 12.8. The Labute approximate surface area is 136 Å². The molecule has 1 aliphatic heterocycles. The van der Waals surface area contributed by atoms with Crippen LogP contribution in [0.1, 0.15) is 17.0 Å². The van der Waals surface area contributed by atoms with Gasteiger partial charge in [0.1, 0.15) is 5.76 Å². The van der Waals surface area contributed by atoms with Gasteiger partial charge in [-0.3, -0.25) is 4.90 Å². The summed E-state index contributed by atoms with van der Waals surface area (Å²) in [7, 11) is 0. The summed E-state index contributed by atoms with van der Waals surface area (Å²) in [5.41, 5.74) is 0.452. The third kappa shape index (κ3) is 3.90. The van der Waals surface area contributed by atoms with E-state index in [2.05, 4.69) is 9.88 Å². The Hall–Kier alpha value is -1.47. The van der Waals surface area contributed by atoms with Gasteiger partial charge in [-0.1, -0.05) is 6.07 Å². The molecule has 0 amide bonds. The number of rotatable bonds is 3. The molecule has 124 valence electrons. The van der Waals surface area contributed by atoms with Crippen LogP contribution in [0.15, 0.2) is 28.7 Å². The van der Waals surface area contributed by atoms with Gasteiger partial charge in [0.05, 0.1) is 11.3 Å². The molecule has 3 rings (SSSR count). The maximum absolute atomic E-state index is 12.8. The lowest BCUT2D eigenvalue weighted by Gasteiger charge is -2.25. The summed E-state index contributed by atoms with van der Waals surface area (Å²) < 4.78 is 44.1. The van der Waals surface area contributed by atoms with Crippen LogP contribution in [0.3, 0.4) is 0 Å². The summed E-state index contributed by atoms with van der Waals surface area (Å²) in [6.45, 7) is 4.47. The third-order valence-electron chi connectivity index (χ3n) is 3.81. The van der Waals surface area contributed by atoms with E-state index in [0.29, 0.717) is 17.9 Å². The minimum absolute atomic E-state index is 0.245. The predicted molar refractivity (Wildman–Crippen MR) is 84.3 cm³/mol. The van der Waals surface area contributed by atoms with Crippen LogP contribution in [-0.4, -0.2) is 34.5 Å². The molecule has 0 atom stereocenters. The second-order valence-electron chi connectivity index (χ2n) is 5.49. The van der Waals surface area contributed by atoms with Gasteiger partial charge in [-0.2, -0.15) is 24.9 Å². The number of hydrogen-bond donors (Lipinski definition) is 0. The minimum Gasteiger partial charge on any atom is -0.441 e. The molecule has 1 aliphatic rings. The third-order valence-corrected chi connectivity index (χ3v) is 4.75. The fourth-order valence-electron chi connectivity index (χ4n) is 2.50. The zero-order valence-electron chi connectivity index (χ0n) is 12.7. The Morgan fingerprint density at radius 2 is 2.00 bits per heavy atom. The van der Waals surface area contributed by atoms with Gasteiger partial charge < -0.3 is 4.42 Å². The van der Waals surface area contributed by atoms with Gasteiger partial charge in [-0.25, -0.2) is 4.98 Å². The molecular formula is C16H17F3N2OS. The molecule has 0 saturated carbocycles. The van der Waals surface area contributed by atoms with E-state index in [1.807, 2.05) is 11.8 Å². The molecule has 0 aliphatic carbocycles. The number of aromatic nitrogens is 1. The van der Waals surface area contributed by atoms with Crippen molar-refractivity contribution in [3.05, 3.63) is 41.3 Å². The van der Waals surface area contributed by atoms with Gasteiger partial charge in [0.2, 0.25) is 5.89 Å². The Morgan fingerprint density at radius 1 is 1.26 bits per heavy atom. The quantitative estimate of drug-likeness (QED) is 0.835. The number of thioether (sulfide) groups is 1. The van der Waals surface area contributed by atoms with Gasteiger partial charge in [0.25, 0.3) is 0 Å². The number of benzene rings is 1. The van der Waals surface area contributed by atoms with Gasteiger partial charge in [-0.15, -0.1) is 0 Å². The van der Waals surface area contributed by atoms with Crippen LogP contribution in [-0.2, 0) is 12.7 Å². The molecule has 3 nitrogen and oxygen atoms in total. The topological polar surface area (TPSA) is 29.3 Å². The van der Waals surface area contributed by atoms with Crippen molar-refractivity contribution in [2.24, 2.45) is 0 Å². The summed E-state index contributed by atoms with van der Waals surface area (Å²) in [4.78, 5) is 6.70. The average Bonchev–Trinajstić information content (AvgIpc) is 2.89. The van der Waals surface area contributed by atoms with E-state index < -0.39 is 11.7 Å². The van der Waals surface area contributed by atoms with E-state index >= 15 is 0 Å². The molecule has 0 N–H and O–H groups in total. The highest BCUT2D eigenvalue weighted by Gasteiger charge is 2.31. The molecule has 0 bridgehead atoms. The first kappa shape index (κ1) is 16.4. The highest BCUT2D eigenvalue weighted by atomic mass is 32.2. The molecule has 1 aromatic heterocycles. The fraction of sp³-hybridized carbons (Fsp3) is 0.438. The lowest BCUT2D eigenvalue weighted by molar-refractivity contribution is -0.137. The highest BCUT2D eigenvalue weighted by Crippen LogP contribution is 2.32. The van der Waals surface area contributed by atoms with E-state index in [-0.39, 0.29) is 5.89 Å². The number of nitrogens with zero attached hydrogens (tertiary/aromatic N) is 2. The van der Waals surface area contributed by atoms with Crippen molar-refractivity contribution in [3.63, 3.8) is 0 Å². The first-order valence-electron chi connectivity index (χ1n) is 7.37. The highest BCUT2D eigenvalue weighted by molar-refractivity contribution is 7.99. The van der Waals surface area contributed by atoms with Gasteiger partial charge in [0.15, 0.2) is 0 Å². The Bertz CT molecular complexity index is 678. The van der Waals surface area contributed by atoms with Crippen molar-refractivity contribution < 1.29 is 17.6 Å². The van der Waals surface area contributed by atoms with Crippen molar-refractivity contribution in [3.8, 4) is 11.5 Å². The second-order valence-corrected chi connectivity index (χ2v) is 6.71. The number of hydrogen-bond acceptors (Lipinski definition) is 4. The van der Waals surface area contributed by atoms with Gasteiger partial charge >= 0.3 is 6.18 Å². The monoisotopic (exact) mass is 342 g/mol. The summed E-state index contributed by atoms with van der Waals surface area (Å²) in [5, 5.41) is 0. The molecule has 1 fully saturated rings. The van der Waals surface area contributed by atoms with Crippen LogP contribution >= 0.6 is 11.8 Å². The van der Waals surface area contributed by atoms with Crippen molar-refractivity contribution in [2.45, 2.75) is 19.6 Å². The zero-order chi connectivity index (χ0) is 16.4. The van der Waals surface area contributed by atoms with E-state index in [1.165, 1.54) is 6.07 Å². The number of aryl methyl sites for hydroxylation is 1. The van der Waals surface area contributed by atoms with Gasteiger partial charge in [0, 0.05) is 36.7 Å². The molecule has 0 unspecified atom stereocenters. The summed E-state index contributed by atoms with van der Waals surface area (Å²) in [6, 6.07) is 5.08. The van der Waals surface area contributed by atoms with E-state index in [0.717, 1.165) is 42.4 Å². The number of oxazole rings is 1. The maximum Gasteiger partial charge on any atom is 0.416 e. The smallest absolute Gasteiger partial charge is 0.416 e. The molecule has 0 radical (unpaired) electrons. The van der Waals surface area contributed by atoms with E-state index in [9.17, 15) is 13.2 Å². The molecular weight excluding hydrogens is 325 g/mol. The van der Waals surface area contributed by atoms with Crippen LogP contribution in [0.5, 0.6) is 0 Å². The van der Waals surface area contributed by atoms with Crippen molar-refractivity contribution >= 4 is 11.8 Å². The average molecular weight is 342 g/mol. The normalized spacial score (nSPS) is 16.7. The molecule has 1 aromatic carbocycles. The summed E-state index contributed by atoms with van der Waals surface area (Å²) in [5.74, 6) is 3.10. The SMILES string of the molecule is Cc1oc(-c2cccc(C(F)(F)F)c2)nc1CN1CCSCC1.